The summed E-state index contributed by atoms with van der Waals surface area (Å²) in [7, 11) is -3.30. The van der Waals surface area contributed by atoms with E-state index in [1.807, 2.05) is 0 Å². The van der Waals surface area contributed by atoms with E-state index in [1.54, 1.807) is 48.9 Å². The van der Waals surface area contributed by atoms with Gasteiger partial charge in [-0.1, -0.05) is 12.1 Å². The lowest BCUT2D eigenvalue weighted by Crippen LogP contribution is -2.07. The fraction of sp³-hybridized carbons (Fsp3) is 0.0455. The molecule has 0 atom stereocenters. The average molecular weight is 445 g/mol. The van der Waals surface area contributed by atoms with E-state index < -0.39 is 9.84 Å². The first-order valence-electron chi connectivity index (χ1n) is 9.46. The summed E-state index contributed by atoms with van der Waals surface area (Å²) in [5, 5.41) is 8.35. The zero-order valence-corrected chi connectivity index (χ0v) is 17.5. The number of nitrogens with one attached hydrogen (secondary N) is 1. The highest BCUT2D eigenvalue weighted by Gasteiger charge is 2.16. The molecule has 4 aromatic heterocycles. The number of hydrogen-bond acceptors (Lipinski definition) is 8. The Balaban J connectivity index is 1.57. The van der Waals surface area contributed by atoms with Gasteiger partial charge in [-0.05, 0) is 35.9 Å². The standard InChI is InChI=1S/C22H15N5O4S/c1-32(29,30)16-6-4-13(5-7-16)15-9-17-19(28)18(12-25-20(17)24-11-15)22-27-26-21(31-22)14-3-2-8-23-10-14/h2-12H,1H3,(H,24,25,28). The quantitative estimate of drug-likeness (QED) is 0.446. The van der Waals surface area contributed by atoms with Crippen LogP contribution in [0.25, 0.3) is 45.1 Å². The number of benzene rings is 1. The molecule has 0 spiro atoms. The number of hydrogen-bond donors (Lipinski definition) is 1. The summed E-state index contributed by atoms with van der Waals surface area (Å²) < 4.78 is 29.1. The summed E-state index contributed by atoms with van der Waals surface area (Å²) in [5.41, 5.74) is 2.34. The maximum absolute atomic E-state index is 13.2. The zero-order chi connectivity index (χ0) is 22.3. The van der Waals surface area contributed by atoms with Gasteiger partial charge in [0.15, 0.2) is 9.84 Å². The third kappa shape index (κ3) is 3.56. The van der Waals surface area contributed by atoms with E-state index in [0.29, 0.717) is 22.2 Å². The molecule has 0 aliphatic carbocycles. The number of rotatable bonds is 4. The van der Waals surface area contributed by atoms with Gasteiger partial charge in [-0.2, -0.15) is 0 Å². The Bertz CT molecular complexity index is 1610. The SMILES string of the molecule is CS(=O)(=O)c1ccc(-c2cnc3[nH]cc(-c4nnc(-c5cccnc5)o4)c(=O)c3c2)cc1. The summed E-state index contributed by atoms with van der Waals surface area (Å²) in [4.78, 5) is 24.7. The van der Waals surface area contributed by atoms with Crippen LogP contribution < -0.4 is 5.43 Å². The second kappa shape index (κ2) is 7.50. The highest BCUT2D eigenvalue weighted by molar-refractivity contribution is 7.90. The van der Waals surface area contributed by atoms with Gasteiger partial charge in [-0.3, -0.25) is 9.78 Å². The number of H-pyrrole nitrogens is 1. The normalized spacial score (nSPS) is 11.7. The molecule has 0 aliphatic rings. The summed E-state index contributed by atoms with van der Waals surface area (Å²) in [6.45, 7) is 0. The number of aromatic amines is 1. The van der Waals surface area contributed by atoms with Crippen molar-refractivity contribution in [1.82, 2.24) is 25.1 Å². The van der Waals surface area contributed by atoms with Crippen LogP contribution in [0.1, 0.15) is 0 Å². The summed E-state index contributed by atoms with van der Waals surface area (Å²) in [6.07, 6.45) is 7.47. The van der Waals surface area contributed by atoms with Crippen molar-refractivity contribution >= 4 is 20.9 Å². The predicted molar refractivity (Wildman–Crippen MR) is 117 cm³/mol. The molecule has 0 unspecified atom stereocenters. The second-order valence-corrected chi connectivity index (χ2v) is 9.12. The van der Waals surface area contributed by atoms with Gasteiger partial charge in [0.25, 0.3) is 5.89 Å². The van der Waals surface area contributed by atoms with Gasteiger partial charge in [-0.15, -0.1) is 10.2 Å². The number of aromatic nitrogens is 5. The fourth-order valence-electron chi connectivity index (χ4n) is 3.25. The maximum Gasteiger partial charge on any atom is 0.253 e. The van der Waals surface area contributed by atoms with Crippen LogP contribution in [-0.4, -0.2) is 39.8 Å². The van der Waals surface area contributed by atoms with E-state index in [9.17, 15) is 13.2 Å². The summed E-state index contributed by atoms with van der Waals surface area (Å²) >= 11 is 0. The van der Waals surface area contributed by atoms with E-state index in [4.69, 9.17) is 4.42 Å². The molecule has 0 aliphatic heterocycles. The van der Waals surface area contributed by atoms with Gasteiger partial charge >= 0.3 is 0 Å². The Morgan fingerprint density at radius 1 is 0.938 bits per heavy atom. The Morgan fingerprint density at radius 3 is 2.44 bits per heavy atom. The lowest BCUT2D eigenvalue weighted by molar-refractivity contribution is 0.583. The average Bonchev–Trinajstić information content (AvgIpc) is 3.29. The van der Waals surface area contributed by atoms with Crippen LogP contribution in [0.15, 0.2) is 81.4 Å². The third-order valence-electron chi connectivity index (χ3n) is 4.91. The molecule has 0 saturated heterocycles. The molecule has 1 aromatic carbocycles. The number of pyridine rings is 3. The van der Waals surface area contributed by atoms with Crippen molar-refractivity contribution in [3.8, 4) is 34.0 Å². The van der Waals surface area contributed by atoms with Crippen LogP contribution in [0.5, 0.6) is 0 Å². The Kier molecular flexibility index (Phi) is 4.63. The molecule has 4 heterocycles. The molecular weight excluding hydrogens is 430 g/mol. The summed E-state index contributed by atoms with van der Waals surface area (Å²) in [6, 6.07) is 11.6. The molecule has 0 bridgehead atoms. The minimum atomic E-state index is -3.30. The van der Waals surface area contributed by atoms with Crippen molar-refractivity contribution in [3.63, 3.8) is 0 Å². The van der Waals surface area contributed by atoms with Gasteiger partial charge in [0.2, 0.25) is 11.3 Å². The second-order valence-electron chi connectivity index (χ2n) is 7.10. The minimum Gasteiger partial charge on any atom is -0.416 e. The molecule has 1 N–H and O–H groups in total. The topological polar surface area (TPSA) is 132 Å². The van der Waals surface area contributed by atoms with E-state index in [2.05, 4.69) is 25.1 Å². The first-order valence-corrected chi connectivity index (χ1v) is 11.4. The third-order valence-corrected chi connectivity index (χ3v) is 6.04. The van der Waals surface area contributed by atoms with Crippen molar-refractivity contribution in [1.29, 1.82) is 0 Å². The van der Waals surface area contributed by atoms with Crippen LogP contribution >= 0.6 is 0 Å². The lowest BCUT2D eigenvalue weighted by atomic mass is 10.1. The molecule has 158 valence electrons. The smallest absolute Gasteiger partial charge is 0.253 e. The molecule has 0 amide bonds. The number of fused-ring (bicyclic) bond motifs is 1. The highest BCUT2D eigenvalue weighted by atomic mass is 32.2. The van der Waals surface area contributed by atoms with Gasteiger partial charge in [0, 0.05) is 36.6 Å². The molecule has 0 radical (unpaired) electrons. The largest absolute Gasteiger partial charge is 0.416 e. The highest BCUT2D eigenvalue weighted by Crippen LogP contribution is 2.25. The zero-order valence-electron chi connectivity index (χ0n) is 16.7. The van der Waals surface area contributed by atoms with Crippen molar-refractivity contribution < 1.29 is 12.8 Å². The molecule has 32 heavy (non-hydrogen) atoms. The predicted octanol–water partition coefficient (Wildman–Crippen LogP) is 3.11. The molecular formula is C22H15N5O4S. The first-order chi connectivity index (χ1) is 15.4. The molecule has 9 nitrogen and oxygen atoms in total. The van der Waals surface area contributed by atoms with Gasteiger partial charge in [0.1, 0.15) is 11.2 Å². The van der Waals surface area contributed by atoms with E-state index >= 15 is 0 Å². The maximum atomic E-state index is 13.2. The molecule has 0 fully saturated rings. The van der Waals surface area contributed by atoms with Crippen molar-refractivity contribution in [2.24, 2.45) is 0 Å². The molecule has 10 heteroatoms. The minimum absolute atomic E-state index is 0.0786. The van der Waals surface area contributed by atoms with Crippen molar-refractivity contribution in [2.45, 2.75) is 4.90 Å². The first kappa shape index (κ1) is 19.8. The van der Waals surface area contributed by atoms with Gasteiger partial charge in [0.05, 0.1) is 15.8 Å². The van der Waals surface area contributed by atoms with Crippen LogP contribution in [0, 0.1) is 0 Å². The molecule has 5 aromatic rings. The molecule has 5 rings (SSSR count). The van der Waals surface area contributed by atoms with E-state index in [1.165, 1.54) is 18.3 Å². The van der Waals surface area contributed by atoms with E-state index in [0.717, 1.165) is 11.8 Å². The van der Waals surface area contributed by atoms with E-state index in [-0.39, 0.29) is 27.7 Å². The van der Waals surface area contributed by atoms with Crippen molar-refractivity contribution in [3.05, 3.63) is 77.5 Å². The van der Waals surface area contributed by atoms with Crippen LogP contribution in [-0.2, 0) is 9.84 Å². The van der Waals surface area contributed by atoms with Crippen molar-refractivity contribution in [2.75, 3.05) is 6.26 Å². The lowest BCUT2D eigenvalue weighted by Gasteiger charge is -2.05. The van der Waals surface area contributed by atoms with Crippen LogP contribution in [0.2, 0.25) is 0 Å². The van der Waals surface area contributed by atoms with Crippen LogP contribution in [0.3, 0.4) is 0 Å². The number of sulfone groups is 1. The molecule has 0 saturated carbocycles. The fourth-order valence-corrected chi connectivity index (χ4v) is 3.88. The van der Waals surface area contributed by atoms with Gasteiger partial charge < -0.3 is 9.40 Å². The Hall–Kier alpha value is -4.18. The summed E-state index contributed by atoms with van der Waals surface area (Å²) in [5.74, 6) is 0.334. The van der Waals surface area contributed by atoms with Crippen LogP contribution in [0.4, 0.5) is 0 Å². The number of nitrogens with zero attached hydrogens (tertiary/aromatic N) is 4. The Labute approximate surface area is 181 Å². The van der Waals surface area contributed by atoms with Gasteiger partial charge in [-0.25, -0.2) is 13.4 Å². The Morgan fingerprint density at radius 2 is 1.72 bits per heavy atom. The monoisotopic (exact) mass is 445 g/mol.